The van der Waals surface area contributed by atoms with Crippen LogP contribution in [0.25, 0.3) is 0 Å². The zero-order valence-corrected chi connectivity index (χ0v) is 11.9. The summed E-state index contributed by atoms with van der Waals surface area (Å²) in [5.41, 5.74) is 1.40. The summed E-state index contributed by atoms with van der Waals surface area (Å²) in [5, 5.41) is 2.03. The van der Waals surface area contributed by atoms with Gasteiger partial charge in [-0.05, 0) is 36.1 Å². The number of benzene rings is 1. The van der Waals surface area contributed by atoms with Crippen molar-refractivity contribution in [3.63, 3.8) is 0 Å². The van der Waals surface area contributed by atoms with Crippen molar-refractivity contribution in [3.05, 3.63) is 52.0 Å². The molecule has 2 aromatic rings. The smallest absolute Gasteiger partial charge is 0.146 e. The van der Waals surface area contributed by atoms with Gasteiger partial charge in [-0.3, -0.25) is 0 Å². The second kappa shape index (κ2) is 5.72. The molecule has 1 heterocycles. The molecular weight excluding hydrogens is 269 g/mol. The molecule has 0 aliphatic rings. The van der Waals surface area contributed by atoms with Crippen LogP contribution >= 0.6 is 22.9 Å². The van der Waals surface area contributed by atoms with Crippen LogP contribution in [0.1, 0.15) is 23.4 Å². The number of nitrogens with zero attached hydrogens (tertiary/aromatic N) is 1. The molecule has 0 amide bonds. The number of rotatable bonds is 4. The number of anilines is 1. The van der Waals surface area contributed by atoms with Crippen LogP contribution in [0.4, 0.5) is 10.1 Å². The molecule has 0 aliphatic carbocycles. The van der Waals surface area contributed by atoms with Crippen molar-refractivity contribution in [1.82, 2.24) is 0 Å². The van der Waals surface area contributed by atoms with Gasteiger partial charge >= 0.3 is 0 Å². The Kier molecular flexibility index (Phi) is 4.25. The Labute approximate surface area is 116 Å². The molecule has 0 saturated heterocycles. The van der Waals surface area contributed by atoms with Crippen molar-refractivity contribution in [3.8, 4) is 0 Å². The lowest BCUT2D eigenvalue weighted by atomic mass is 10.1. The van der Waals surface area contributed by atoms with E-state index in [1.165, 1.54) is 10.9 Å². The lowest BCUT2D eigenvalue weighted by molar-refractivity contribution is 0.612. The third kappa shape index (κ3) is 2.68. The molecule has 1 aromatic heterocycles. The van der Waals surface area contributed by atoms with Crippen LogP contribution in [0.5, 0.6) is 0 Å². The minimum Gasteiger partial charge on any atom is -0.365 e. The predicted octanol–water partition coefficient (Wildman–Crippen LogP) is 4.82. The summed E-state index contributed by atoms with van der Waals surface area (Å²) in [7, 11) is 1.91. The highest BCUT2D eigenvalue weighted by molar-refractivity contribution is 7.10. The molecule has 1 aromatic carbocycles. The highest BCUT2D eigenvalue weighted by atomic mass is 35.5. The van der Waals surface area contributed by atoms with Crippen molar-refractivity contribution in [1.29, 1.82) is 0 Å². The number of hydrogen-bond acceptors (Lipinski definition) is 2. The Hall–Kier alpha value is -1.06. The van der Waals surface area contributed by atoms with E-state index in [0.29, 0.717) is 11.6 Å². The lowest BCUT2D eigenvalue weighted by Crippen LogP contribution is -2.21. The van der Waals surface area contributed by atoms with E-state index in [1.54, 1.807) is 17.4 Å². The van der Waals surface area contributed by atoms with Gasteiger partial charge in [0.2, 0.25) is 0 Å². The van der Waals surface area contributed by atoms with Crippen molar-refractivity contribution in [2.75, 3.05) is 11.9 Å². The number of halogens is 2. The van der Waals surface area contributed by atoms with Crippen molar-refractivity contribution in [2.45, 2.75) is 18.8 Å². The minimum atomic E-state index is -0.223. The van der Waals surface area contributed by atoms with Gasteiger partial charge in [0.1, 0.15) is 5.82 Å². The first-order valence-corrected chi connectivity index (χ1v) is 7.15. The number of hydrogen-bond donors (Lipinski definition) is 0. The zero-order valence-electron chi connectivity index (χ0n) is 10.4. The van der Waals surface area contributed by atoms with Crippen LogP contribution in [0.15, 0.2) is 35.7 Å². The SMILES string of the molecule is CC(c1cccs1)N(C)c1ccc(CCl)cc1F. The maximum Gasteiger partial charge on any atom is 0.146 e. The van der Waals surface area contributed by atoms with Gasteiger partial charge in [-0.1, -0.05) is 12.1 Å². The molecule has 0 bridgehead atoms. The highest BCUT2D eigenvalue weighted by Gasteiger charge is 2.16. The second-order valence-corrected chi connectivity index (χ2v) is 5.47. The molecule has 0 fully saturated rings. The van der Waals surface area contributed by atoms with Crippen molar-refractivity contribution < 1.29 is 4.39 Å². The summed E-state index contributed by atoms with van der Waals surface area (Å²) in [5.74, 6) is 0.112. The molecule has 1 atom stereocenters. The van der Waals surface area contributed by atoms with Crippen molar-refractivity contribution >= 4 is 28.6 Å². The van der Waals surface area contributed by atoms with E-state index in [2.05, 4.69) is 13.0 Å². The van der Waals surface area contributed by atoms with Crippen LogP contribution in [0.2, 0.25) is 0 Å². The third-order valence-electron chi connectivity index (χ3n) is 3.08. The topological polar surface area (TPSA) is 3.24 Å². The van der Waals surface area contributed by atoms with Crippen LogP contribution < -0.4 is 4.90 Å². The zero-order chi connectivity index (χ0) is 13.1. The number of thiophene rings is 1. The molecule has 1 unspecified atom stereocenters. The monoisotopic (exact) mass is 283 g/mol. The summed E-state index contributed by atoms with van der Waals surface area (Å²) < 4.78 is 14.0. The molecule has 0 N–H and O–H groups in total. The lowest BCUT2D eigenvalue weighted by Gasteiger charge is -2.26. The average molecular weight is 284 g/mol. The van der Waals surface area contributed by atoms with Crippen LogP contribution in [0, 0.1) is 5.82 Å². The highest BCUT2D eigenvalue weighted by Crippen LogP contribution is 2.30. The summed E-state index contributed by atoms with van der Waals surface area (Å²) in [6, 6.07) is 9.38. The Morgan fingerprint density at radius 2 is 2.17 bits per heavy atom. The molecular formula is C14H15ClFNS. The Morgan fingerprint density at radius 3 is 2.72 bits per heavy atom. The van der Waals surface area contributed by atoms with Gasteiger partial charge in [-0.15, -0.1) is 22.9 Å². The van der Waals surface area contributed by atoms with Gasteiger partial charge in [-0.2, -0.15) is 0 Å². The van der Waals surface area contributed by atoms with Gasteiger partial charge in [0.05, 0.1) is 11.7 Å². The van der Waals surface area contributed by atoms with Gasteiger partial charge < -0.3 is 4.90 Å². The maximum absolute atomic E-state index is 14.0. The van der Waals surface area contributed by atoms with Crippen LogP contribution in [-0.2, 0) is 5.88 Å². The standard InChI is InChI=1S/C14H15ClFNS/c1-10(14-4-3-7-18-14)17(2)13-6-5-11(9-15)8-12(13)16/h3-8,10H,9H2,1-2H3. The second-order valence-electron chi connectivity index (χ2n) is 4.22. The fraction of sp³-hybridized carbons (Fsp3) is 0.286. The fourth-order valence-electron chi connectivity index (χ4n) is 1.85. The first kappa shape index (κ1) is 13.4. The molecule has 0 radical (unpaired) electrons. The summed E-state index contributed by atoms with van der Waals surface area (Å²) in [6.07, 6.45) is 0. The summed E-state index contributed by atoms with van der Waals surface area (Å²) >= 11 is 7.38. The summed E-state index contributed by atoms with van der Waals surface area (Å²) in [6.45, 7) is 2.07. The molecule has 1 nitrogen and oxygen atoms in total. The van der Waals surface area contributed by atoms with Crippen LogP contribution in [0.3, 0.4) is 0 Å². The third-order valence-corrected chi connectivity index (χ3v) is 4.43. The largest absolute Gasteiger partial charge is 0.365 e. The maximum atomic E-state index is 14.0. The van der Waals surface area contributed by atoms with Gasteiger partial charge in [-0.25, -0.2) is 4.39 Å². The molecule has 2 rings (SSSR count). The molecule has 18 heavy (non-hydrogen) atoms. The summed E-state index contributed by atoms with van der Waals surface area (Å²) in [4.78, 5) is 3.16. The van der Waals surface area contributed by atoms with E-state index >= 15 is 0 Å². The molecule has 0 saturated carbocycles. The normalized spacial score (nSPS) is 12.4. The van der Waals surface area contributed by atoms with E-state index < -0.39 is 0 Å². The average Bonchev–Trinajstić information content (AvgIpc) is 2.90. The molecule has 0 spiro atoms. The molecule has 4 heteroatoms. The fourth-order valence-corrected chi connectivity index (χ4v) is 2.84. The van der Waals surface area contributed by atoms with Gasteiger partial charge in [0.25, 0.3) is 0 Å². The molecule has 96 valence electrons. The Balaban J connectivity index is 2.26. The van der Waals surface area contributed by atoms with E-state index in [4.69, 9.17) is 11.6 Å². The predicted molar refractivity (Wildman–Crippen MR) is 77.1 cm³/mol. The van der Waals surface area contributed by atoms with Gasteiger partial charge in [0, 0.05) is 17.8 Å². The first-order valence-electron chi connectivity index (χ1n) is 5.74. The van der Waals surface area contributed by atoms with Gasteiger partial charge in [0.15, 0.2) is 0 Å². The van der Waals surface area contributed by atoms with Crippen LogP contribution in [-0.4, -0.2) is 7.05 Å². The minimum absolute atomic E-state index is 0.154. The number of alkyl halides is 1. The van der Waals surface area contributed by atoms with E-state index in [9.17, 15) is 4.39 Å². The first-order chi connectivity index (χ1) is 8.63. The van der Waals surface area contributed by atoms with E-state index in [-0.39, 0.29) is 11.9 Å². The Morgan fingerprint density at radius 1 is 1.39 bits per heavy atom. The van der Waals surface area contributed by atoms with Crippen molar-refractivity contribution in [2.24, 2.45) is 0 Å². The molecule has 0 aliphatic heterocycles. The Bertz CT molecular complexity index is 513. The van der Waals surface area contributed by atoms with E-state index in [1.807, 2.05) is 29.5 Å². The quantitative estimate of drug-likeness (QED) is 0.727. The van der Waals surface area contributed by atoms with E-state index in [0.717, 1.165) is 5.56 Å².